The van der Waals surface area contributed by atoms with Crippen LogP contribution in [0.1, 0.15) is 44.1 Å². The lowest BCUT2D eigenvalue weighted by Crippen LogP contribution is -2.46. The molecule has 2 amide bonds. The fourth-order valence-corrected chi connectivity index (χ4v) is 5.03. The number of likely N-dealkylation sites (tertiary alicyclic amines) is 1. The van der Waals surface area contributed by atoms with E-state index >= 15 is 0 Å². The van der Waals surface area contributed by atoms with Crippen LogP contribution < -0.4 is 14.8 Å². The molecule has 0 unspecified atom stereocenters. The van der Waals surface area contributed by atoms with Crippen LogP contribution in [0.3, 0.4) is 0 Å². The van der Waals surface area contributed by atoms with Crippen molar-refractivity contribution in [3.63, 3.8) is 0 Å². The Kier molecular flexibility index (Phi) is 7.61. The number of ether oxygens (including phenoxy) is 2. The van der Waals surface area contributed by atoms with Crippen LogP contribution in [-0.4, -0.2) is 48.6 Å². The number of amides is 2. The van der Waals surface area contributed by atoms with Crippen molar-refractivity contribution in [3.8, 4) is 11.5 Å². The number of carbonyl (C=O) groups is 2. The van der Waals surface area contributed by atoms with Crippen LogP contribution in [0, 0.1) is 5.82 Å². The first-order valence-corrected chi connectivity index (χ1v) is 12.1. The van der Waals surface area contributed by atoms with Gasteiger partial charge < -0.3 is 19.7 Å². The summed E-state index contributed by atoms with van der Waals surface area (Å²) in [5.41, 5.74) is 0.357. The van der Waals surface area contributed by atoms with Gasteiger partial charge >= 0.3 is 0 Å². The number of methoxy groups -OCH3 is 1. The molecule has 2 saturated heterocycles. The zero-order valence-electron chi connectivity index (χ0n) is 19.3. The molecule has 0 aromatic heterocycles. The molecule has 2 fully saturated rings. The second-order valence-corrected chi connectivity index (χ2v) is 9.57. The van der Waals surface area contributed by atoms with Gasteiger partial charge in [0.1, 0.15) is 11.9 Å². The van der Waals surface area contributed by atoms with Crippen LogP contribution in [-0.2, 0) is 16.0 Å². The summed E-state index contributed by atoms with van der Waals surface area (Å²) in [5.74, 6) is 0.567. The standard InChI is InChI=1S/C26H30ClFN2O4/c1-33-23-15-18(5-6-22(23)28)17-26(11-7-24(31)29-26)12-8-25(32)30-13-9-20(10-14-30)34-21-4-2-3-19(27)16-21/h2-6,15-16,20H,7-14,17H2,1H3,(H,29,31)/t26-/m0/s1. The Balaban J connectivity index is 1.31. The van der Waals surface area contributed by atoms with Crippen molar-refractivity contribution in [2.24, 2.45) is 0 Å². The number of carbonyl (C=O) groups excluding carboxylic acids is 2. The Morgan fingerprint density at radius 3 is 2.71 bits per heavy atom. The SMILES string of the molecule is COc1cc(C[C@@]2(CCC(=O)N3CCC(Oc4cccc(Cl)c4)CC3)CCC(=O)N2)ccc1F. The van der Waals surface area contributed by atoms with Crippen LogP contribution in [0.4, 0.5) is 4.39 Å². The molecule has 1 N–H and O–H groups in total. The van der Waals surface area contributed by atoms with E-state index in [1.807, 2.05) is 23.1 Å². The minimum Gasteiger partial charge on any atom is -0.494 e. The molecule has 1 atom stereocenters. The number of rotatable bonds is 8. The van der Waals surface area contributed by atoms with E-state index in [-0.39, 0.29) is 23.7 Å². The third-order valence-corrected chi connectivity index (χ3v) is 6.94. The van der Waals surface area contributed by atoms with E-state index in [1.165, 1.54) is 13.2 Å². The predicted octanol–water partition coefficient (Wildman–Crippen LogP) is 4.53. The fourth-order valence-electron chi connectivity index (χ4n) is 4.85. The molecular weight excluding hydrogens is 459 g/mol. The second-order valence-electron chi connectivity index (χ2n) is 9.13. The molecule has 2 heterocycles. The van der Waals surface area contributed by atoms with Gasteiger partial charge in [-0.25, -0.2) is 4.39 Å². The maximum atomic E-state index is 13.8. The second kappa shape index (κ2) is 10.6. The first kappa shape index (κ1) is 24.3. The molecule has 0 spiro atoms. The van der Waals surface area contributed by atoms with Crippen molar-refractivity contribution in [1.29, 1.82) is 0 Å². The largest absolute Gasteiger partial charge is 0.494 e. The minimum absolute atomic E-state index is 0.0134. The van der Waals surface area contributed by atoms with Crippen molar-refractivity contribution in [2.75, 3.05) is 20.2 Å². The van der Waals surface area contributed by atoms with Crippen LogP contribution >= 0.6 is 11.6 Å². The average Bonchev–Trinajstić information content (AvgIpc) is 3.19. The Labute approximate surface area is 204 Å². The lowest BCUT2D eigenvalue weighted by molar-refractivity contribution is -0.133. The molecular formula is C26H30ClFN2O4. The van der Waals surface area contributed by atoms with Gasteiger partial charge in [-0.3, -0.25) is 9.59 Å². The number of nitrogens with one attached hydrogen (secondary N) is 1. The third kappa shape index (κ3) is 6.00. The van der Waals surface area contributed by atoms with E-state index in [9.17, 15) is 14.0 Å². The molecule has 8 heteroatoms. The summed E-state index contributed by atoms with van der Waals surface area (Å²) in [4.78, 5) is 26.9. The summed E-state index contributed by atoms with van der Waals surface area (Å²) in [5, 5.41) is 3.73. The molecule has 0 radical (unpaired) electrons. The Morgan fingerprint density at radius 1 is 1.24 bits per heavy atom. The van der Waals surface area contributed by atoms with Crippen LogP contribution in [0.25, 0.3) is 0 Å². The summed E-state index contributed by atoms with van der Waals surface area (Å²) < 4.78 is 24.9. The number of benzene rings is 2. The van der Waals surface area contributed by atoms with E-state index < -0.39 is 11.4 Å². The summed E-state index contributed by atoms with van der Waals surface area (Å²) >= 11 is 6.03. The number of hydrogen-bond acceptors (Lipinski definition) is 4. The zero-order valence-corrected chi connectivity index (χ0v) is 20.1. The van der Waals surface area contributed by atoms with E-state index in [0.717, 1.165) is 24.2 Å². The lowest BCUT2D eigenvalue weighted by Gasteiger charge is -2.34. The topological polar surface area (TPSA) is 67.9 Å². The number of halogens is 2. The first-order chi connectivity index (χ1) is 16.4. The van der Waals surface area contributed by atoms with E-state index in [0.29, 0.717) is 50.2 Å². The van der Waals surface area contributed by atoms with E-state index in [1.54, 1.807) is 18.2 Å². The maximum Gasteiger partial charge on any atom is 0.222 e. The monoisotopic (exact) mass is 488 g/mol. The van der Waals surface area contributed by atoms with Gasteiger partial charge in [0.2, 0.25) is 11.8 Å². The fraction of sp³-hybridized carbons (Fsp3) is 0.462. The quantitative estimate of drug-likeness (QED) is 0.593. The number of hydrogen-bond donors (Lipinski definition) is 1. The maximum absolute atomic E-state index is 13.8. The highest BCUT2D eigenvalue weighted by Gasteiger charge is 2.38. The highest BCUT2D eigenvalue weighted by atomic mass is 35.5. The highest BCUT2D eigenvalue weighted by molar-refractivity contribution is 6.30. The zero-order chi connectivity index (χ0) is 24.1. The summed E-state index contributed by atoms with van der Waals surface area (Å²) in [6.07, 6.45) is 4.06. The average molecular weight is 489 g/mol. The van der Waals surface area contributed by atoms with Gasteiger partial charge in [-0.1, -0.05) is 23.7 Å². The van der Waals surface area contributed by atoms with Gasteiger partial charge in [0.05, 0.1) is 7.11 Å². The molecule has 2 aromatic carbocycles. The molecule has 2 aromatic rings. The molecule has 4 rings (SSSR count). The van der Waals surface area contributed by atoms with Crippen LogP contribution in [0.15, 0.2) is 42.5 Å². The molecule has 2 aliphatic heterocycles. The number of nitrogens with zero attached hydrogens (tertiary/aromatic N) is 1. The van der Waals surface area contributed by atoms with E-state index in [4.69, 9.17) is 21.1 Å². The van der Waals surface area contributed by atoms with Crippen molar-refractivity contribution in [1.82, 2.24) is 10.2 Å². The minimum atomic E-state index is -0.510. The van der Waals surface area contributed by atoms with Crippen LogP contribution in [0.2, 0.25) is 5.02 Å². The molecule has 0 saturated carbocycles. The smallest absolute Gasteiger partial charge is 0.222 e. The summed E-state index contributed by atoms with van der Waals surface area (Å²) in [7, 11) is 1.43. The molecule has 2 aliphatic rings. The Hall–Kier alpha value is -2.80. The van der Waals surface area contributed by atoms with Crippen molar-refractivity contribution >= 4 is 23.4 Å². The third-order valence-electron chi connectivity index (χ3n) is 6.70. The molecule has 182 valence electrons. The molecule has 34 heavy (non-hydrogen) atoms. The van der Waals surface area contributed by atoms with Gasteiger partial charge in [0, 0.05) is 49.3 Å². The van der Waals surface area contributed by atoms with Crippen LogP contribution in [0.5, 0.6) is 11.5 Å². The Morgan fingerprint density at radius 2 is 2.03 bits per heavy atom. The van der Waals surface area contributed by atoms with E-state index in [2.05, 4.69) is 5.32 Å². The van der Waals surface area contributed by atoms with Crippen molar-refractivity contribution < 1.29 is 23.5 Å². The first-order valence-electron chi connectivity index (χ1n) is 11.7. The number of piperidine rings is 1. The summed E-state index contributed by atoms with van der Waals surface area (Å²) in [6, 6.07) is 12.1. The lowest BCUT2D eigenvalue weighted by atomic mass is 9.84. The highest BCUT2D eigenvalue weighted by Crippen LogP contribution is 2.32. The van der Waals surface area contributed by atoms with Gasteiger partial charge in [0.15, 0.2) is 11.6 Å². The van der Waals surface area contributed by atoms with Gasteiger partial charge in [-0.15, -0.1) is 0 Å². The molecule has 0 bridgehead atoms. The van der Waals surface area contributed by atoms with Crippen molar-refractivity contribution in [3.05, 3.63) is 58.9 Å². The predicted molar refractivity (Wildman–Crippen MR) is 128 cm³/mol. The summed E-state index contributed by atoms with van der Waals surface area (Å²) in [6.45, 7) is 1.27. The van der Waals surface area contributed by atoms with Gasteiger partial charge in [0.25, 0.3) is 0 Å². The van der Waals surface area contributed by atoms with Gasteiger partial charge in [-0.05, 0) is 55.2 Å². The normalized spacial score (nSPS) is 20.8. The van der Waals surface area contributed by atoms with Gasteiger partial charge in [-0.2, -0.15) is 0 Å². The van der Waals surface area contributed by atoms with Crippen molar-refractivity contribution in [2.45, 2.75) is 56.6 Å². The Bertz CT molecular complexity index is 1040. The molecule has 0 aliphatic carbocycles. The molecule has 6 nitrogen and oxygen atoms in total.